The Balaban J connectivity index is 1.15. The van der Waals surface area contributed by atoms with E-state index >= 15 is 0 Å². The summed E-state index contributed by atoms with van der Waals surface area (Å²) in [6.07, 6.45) is -10.6. The summed E-state index contributed by atoms with van der Waals surface area (Å²) in [4.78, 5) is 4.65. The minimum atomic E-state index is -1.96. The Labute approximate surface area is 790 Å². The molecule has 0 N–H and O–H groups in total. The summed E-state index contributed by atoms with van der Waals surface area (Å²) in [6, 6.07) is 64.2. The molecule has 2 aliphatic rings. The van der Waals surface area contributed by atoms with Gasteiger partial charge in [0.25, 0.3) is 6.71 Å². The van der Waals surface area contributed by atoms with Gasteiger partial charge in [0.05, 0.1) is 44.4 Å². The van der Waals surface area contributed by atoms with Crippen molar-refractivity contribution in [3.8, 4) is 55.9 Å². The first kappa shape index (κ1) is 66.5. The van der Waals surface area contributed by atoms with Crippen LogP contribution in [0.2, 0.25) is 0 Å². The van der Waals surface area contributed by atoms with Crippen molar-refractivity contribution >= 4 is 101 Å². The molecule has 0 spiro atoms. The van der Waals surface area contributed by atoms with Crippen molar-refractivity contribution in [3.05, 3.63) is 305 Å². The van der Waals surface area contributed by atoms with Crippen molar-refractivity contribution in [1.29, 1.82) is 0 Å². The van der Waals surface area contributed by atoms with Gasteiger partial charge in [-0.25, -0.2) is 0 Å². The van der Waals surface area contributed by atoms with E-state index < -0.39 is 107 Å². The quantitative estimate of drug-likeness (QED) is 0.0897. The molecule has 5 heteroatoms. The average Bonchev–Trinajstić information content (AvgIpc) is 1.64. The molecule has 4 nitrogen and oxygen atoms in total. The van der Waals surface area contributed by atoms with Crippen LogP contribution >= 0.6 is 0 Å². The second-order valence-corrected chi connectivity index (χ2v) is 45.5. The lowest BCUT2D eigenvalue weighted by Crippen LogP contribution is -2.61. The molecule has 2 aromatic heterocycles. The Morgan fingerprint density at radius 2 is 0.567 bits per heavy atom. The highest BCUT2D eigenvalue weighted by Gasteiger charge is 2.47. The topological polar surface area (TPSA) is 16.3 Å². The van der Waals surface area contributed by atoms with Gasteiger partial charge in [-0.05, 0) is 286 Å². The number of nitrogens with zero attached hydrogens (tertiary/aromatic N) is 4. The molecule has 0 atom stereocenters. The van der Waals surface area contributed by atoms with Crippen molar-refractivity contribution in [2.24, 2.45) is 43.3 Å². The van der Waals surface area contributed by atoms with Crippen molar-refractivity contribution in [2.45, 2.75) is 243 Å². The van der Waals surface area contributed by atoms with Crippen LogP contribution in [-0.4, -0.2) is 15.8 Å². The van der Waals surface area contributed by atoms with Gasteiger partial charge >= 0.3 is 0 Å². The van der Waals surface area contributed by atoms with E-state index in [-0.39, 0.29) is 56.8 Å². The number of aromatic nitrogens is 2. The fraction of sp³-hybridized carbons (Fsp3) is 0.361. The maximum absolute atomic E-state index is 10.3. The number of hydrogen-bond acceptors (Lipinski definition) is 2. The van der Waals surface area contributed by atoms with Gasteiger partial charge in [0.1, 0.15) is 0 Å². The third-order valence-electron chi connectivity index (χ3n) is 23.3. The molecular formula is C122H139BN4. The molecule has 0 aliphatic carbocycles. The second-order valence-electron chi connectivity index (χ2n) is 45.5. The first-order valence-electron chi connectivity index (χ1n) is 55.4. The predicted octanol–water partition coefficient (Wildman–Crippen LogP) is 32.6. The molecule has 0 unspecified atom stereocenters. The van der Waals surface area contributed by atoms with Crippen LogP contribution in [0.4, 0.5) is 34.1 Å². The number of anilines is 6. The lowest BCUT2D eigenvalue weighted by molar-refractivity contribution is 0.410. The highest BCUT2D eigenvalue weighted by Crippen LogP contribution is 2.56. The maximum atomic E-state index is 10.3. The first-order chi connectivity index (χ1) is 67.5. The highest BCUT2D eigenvalue weighted by molar-refractivity contribution is 7.00. The summed E-state index contributed by atoms with van der Waals surface area (Å²) in [6.45, 7) is 52.5. The Morgan fingerprint density at radius 3 is 0.858 bits per heavy atom. The van der Waals surface area contributed by atoms with Gasteiger partial charge in [-0.2, -0.15) is 0 Å². The summed E-state index contributed by atoms with van der Waals surface area (Å²) in [5.41, 5.74) is 11.0. The van der Waals surface area contributed by atoms with Crippen LogP contribution in [0.25, 0.3) is 99.5 Å². The van der Waals surface area contributed by atoms with Crippen molar-refractivity contribution < 1.29 is 27.4 Å². The van der Waals surface area contributed by atoms with Crippen LogP contribution in [-0.2, 0) is 56.5 Å². The van der Waals surface area contributed by atoms with E-state index in [1.54, 1.807) is 24.3 Å². The van der Waals surface area contributed by atoms with E-state index in [0.717, 1.165) is 22.2 Å². The Bertz CT molecular complexity index is 7290. The van der Waals surface area contributed by atoms with E-state index in [0.29, 0.717) is 169 Å². The zero-order valence-corrected chi connectivity index (χ0v) is 79.9. The van der Waals surface area contributed by atoms with Gasteiger partial charge in [0.2, 0.25) is 0 Å². The molecule has 17 rings (SSSR count). The van der Waals surface area contributed by atoms with Crippen molar-refractivity contribution in [2.75, 3.05) is 9.80 Å². The SMILES string of the molecule is [2H]c1c([2H])c([2H])c2c(c1[2H])c1cc(C([2H])([2H])C(C)(C)C)ccc1n2-c1ccc2c(c1)N(c1c(-c3cccc(C([2H])([2H])C(C)(C)C)c3)cc(CC(C)(C)C)cc1-c1cccc(C([2H])([2H])C(C)(C)C)c1)c1cc(C(C)(C)C)cc3c1B2c1ccc(-n2c4ccc(C([2H])([2H])C(C)(C)C)cc4c4c([2H])c([2H])c([2H])c([2H])c42)cc1N3c1c(-c2cccc(C([2H])([2H])C(C)(C)C)c2)cc(CC(C)(C)C)cc1-c1cccc(C([2H])([2H])C(C)(C)C)c1. The zero-order chi connectivity index (χ0) is 108. The summed E-state index contributed by atoms with van der Waals surface area (Å²) in [5.74, 6) is 0. The molecular weight excluding hydrogens is 1530 g/mol. The molecule has 4 heterocycles. The number of para-hydroxylation sites is 2. The molecule has 650 valence electrons. The van der Waals surface area contributed by atoms with Gasteiger partial charge in [-0.15, -0.1) is 0 Å². The molecule has 0 saturated heterocycles. The lowest BCUT2D eigenvalue weighted by Gasteiger charge is -2.46. The molecule has 15 aromatic rings. The van der Waals surface area contributed by atoms with Gasteiger partial charge in [0, 0.05) is 94.4 Å². The van der Waals surface area contributed by atoms with Crippen LogP contribution < -0.4 is 26.2 Å². The minimum Gasteiger partial charge on any atom is -0.310 e. The number of fused-ring (bicyclic) bond motifs is 10. The second kappa shape index (κ2) is 32.1. The van der Waals surface area contributed by atoms with Crippen LogP contribution in [0.1, 0.15) is 264 Å². The predicted molar refractivity (Wildman–Crippen MR) is 555 cm³/mol. The number of rotatable bonds is 16. The smallest absolute Gasteiger partial charge is 0.252 e. The Morgan fingerprint density at radius 1 is 0.268 bits per heavy atom. The molecule has 0 bridgehead atoms. The van der Waals surface area contributed by atoms with Crippen LogP contribution in [0.5, 0.6) is 0 Å². The molecule has 0 radical (unpaired) electrons. The molecule has 0 amide bonds. The van der Waals surface area contributed by atoms with E-state index in [4.69, 9.17) is 0 Å². The van der Waals surface area contributed by atoms with Gasteiger partial charge < -0.3 is 18.9 Å². The lowest BCUT2D eigenvalue weighted by atomic mass is 9.33. The fourth-order valence-corrected chi connectivity index (χ4v) is 19.1. The molecule has 0 saturated carbocycles. The average molecular weight is 1690 g/mol. The summed E-state index contributed by atoms with van der Waals surface area (Å²) < 4.78 is 204. The first-order valence-corrected chi connectivity index (χ1v) is 45.4. The van der Waals surface area contributed by atoms with Gasteiger partial charge in [-0.1, -0.05) is 345 Å². The summed E-state index contributed by atoms with van der Waals surface area (Å²) in [5, 5.41) is 1.13. The van der Waals surface area contributed by atoms with Crippen molar-refractivity contribution in [1.82, 2.24) is 9.13 Å². The standard InChI is InChI=1S/C122H139BN4/c1-114(2,3)70-78-36-32-40-86(56-78)95-62-84(76-120(19,20)21)63-96(87-41-33-37-79(57-87)71-115(4,5)6)112(95)126-107-68-91(124-103-46-30-28-44-93(103)99-60-82(48-54-105(99)124)74-118(13,14)15)50-52-101(107)123-102-53-51-92(125-104-47-31-29-45-94(104)100-61-83(49-55-106(100)125)75-119(16,17)18)69-108(102)127(110-67-90(122(25,26)27)66-109(126)111(110)123)113-97(88-42-34-38-80(58-88)72-116(7,8)9)64-85(77-121(22,23)24)65-98(113)89-43-35-39-81(59-89)73-117(10,11)12/h28-69H,70-77H2,1-27H3/i28D,29D,30D,31D,44D,45D,46D,47D,70D2,71D2,72D2,73D2,74D2,75D2. The normalized spacial score (nSPS) is 16.6. The largest absolute Gasteiger partial charge is 0.310 e. The number of benzene rings is 13. The highest BCUT2D eigenvalue weighted by atomic mass is 15.2. The third-order valence-corrected chi connectivity index (χ3v) is 23.3. The van der Waals surface area contributed by atoms with Crippen molar-refractivity contribution in [3.63, 3.8) is 0 Å². The van der Waals surface area contributed by atoms with E-state index in [2.05, 4.69) is 133 Å². The monoisotopic (exact) mass is 1690 g/mol. The van der Waals surface area contributed by atoms with E-state index in [1.807, 2.05) is 255 Å². The van der Waals surface area contributed by atoms with Crippen LogP contribution in [0, 0.1) is 43.3 Å². The maximum Gasteiger partial charge on any atom is 0.252 e. The molecule has 13 aromatic carbocycles. The molecule has 0 fully saturated rings. The fourth-order valence-electron chi connectivity index (χ4n) is 19.1. The molecule has 127 heavy (non-hydrogen) atoms. The van der Waals surface area contributed by atoms with E-state index in [1.165, 1.54) is 0 Å². The van der Waals surface area contributed by atoms with Gasteiger partial charge in [0.15, 0.2) is 0 Å². The molecule has 2 aliphatic heterocycles. The summed E-state index contributed by atoms with van der Waals surface area (Å²) >= 11 is 0. The van der Waals surface area contributed by atoms with Crippen LogP contribution in [0.3, 0.4) is 0 Å². The van der Waals surface area contributed by atoms with E-state index in [9.17, 15) is 27.4 Å². The summed E-state index contributed by atoms with van der Waals surface area (Å²) in [7, 11) is 0. The number of hydrogen-bond donors (Lipinski definition) is 0. The van der Waals surface area contributed by atoms with Crippen LogP contribution in [0.15, 0.2) is 255 Å². The zero-order valence-electron chi connectivity index (χ0n) is 99.9. The minimum absolute atomic E-state index is 0.137. The van der Waals surface area contributed by atoms with Gasteiger partial charge in [-0.3, -0.25) is 0 Å². The Hall–Kier alpha value is -10.9. The Kier molecular flexibility index (Phi) is 16.8. The third kappa shape index (κ3) is 18.6.